The van der Waals surface area contributed by atoms with Crippen LogP contribution in [0.25, 0.3) is 0 Å². The van der Waals surface area contributed by atoms with E-state index in [4.69, 9.17) is 9.47 Å². The lowest BCUT2D eigenvalue weighted by Crippen LogP contribution is -2.68. The molecule has 182 valence electrons. The van der Waals surface area contributed by atoms with E-state index >= 15 is 0 Å². The molecule has 3 N–H and O–H groups in total. The van der Waals surface area contributed by atoms with Gasteiger partial charge in [-0.2, -0.15) is 0 Å². The molecule has 0 bridgehead atoms. The van der Waals surface area contributed by atoms with E-state index in [1.807, 2.05) is 0 Å². The zero-order chi connectivity index (χ0) is 22.7. The fourth-order valence-corrected chi connectivity index (χ4v) is 10.3. The van der Waals surface area contributed by atoms with Crippen LogP contribution in [0, 0.1) is 46.3 Å². The van der Waals surface area contributed by atoms with Gasteiger partial charge < -0.3 is 24.8 Å². The van der Waals surface area contributed by atoms with Gasteiger partial charge in [0.2, 0.25) is 0 Å². The summed E-state index contributed by atoms with van der Waals surface area (Å²) in [5.41, 5.74) is -1.23. The summed E-state index contributed by atoms with van der Waals surface area (Å²) in [5.74, 6) is 2.62. The monoisotopic (exact) mass is 448 g/mol. The summed E-state index contributed by atoms with van der Waals surface area (Å²) in [6.07, 6.45) is 7.07. The van der Waals surface area contributed by atoms with Crippen molar-refractivity contribution < 1.29 is 24.8 Å². The van der Waals surface area contributed by atoms with E-state index in [-0.39, 0.29) is 17.3 Å². The highest BCUT2D eigenvalue weighted by Gasteiger charge is 2.71. The Balaban J connectivity index is 1.29. The van der Waals surface area contributed by atoms with Gasteiger partial charge in [-0.15, -0.1) is 0 Å². The van der Waals surface area contributed by atoms with Gasteiger partial charge in [0.1, 0.15) is 0 Å². The van der Waals surface area contributed by atoms with Gasteiger partial charge in [0.15, 0.2) is 5.79 Å². The van der Waals surface area contributed by atoms with Crippen LogP contribution >= 0.6 is 0 Å². The van der Waals surface area contributed by atoms with Crippen LogP contribution in [0.5, 0.6) is 0 Å². The molecule has 4 saturated carbocycles. The Morgan fingerprint density at radius 1 is 0.906 bits per heavy atom. The van der Waals surface area contributed by atoms with Gasteiger partial charge in [-0.3, -0.25) is 0 Å². The number of hydrogen-bond acceptors (Lipinski definition) is 5. The van der Waals surface area contributed by atoms with Crippen molar-refractivity contribution in [2.45, 2.75) is 115 Å². The standard InChI is InChI=1S/C27H44O5/c1-15-5-10-27(31-14-15)16(2)23-21(32-27)12-20-18-6-9-26(30)13-17(28)11-22(29)25(26,4)19(18)7-8-24(20,23)3/h15-23,28-30H,5-14H2,1-4H3. The first-order chi connectivity index (χ1) is 15.0. The molecular formula is C27H44O5. The van der Waals surface area contributed by atoms with Crippen molar-refractivity contribution in [2.75, 3.05) is 6.61 Å². The molecule has 2 aliphatic heterocycles. The number of fused-ring (bicyclic) bond motifs is 7. The van der Waals surface area contributed by atoms with Crippen molar-refractivity contribution in [2.24, 2.45) is 46.3 Å². The van der Waals surface area contributed by atoms with E-state index in [0.717, 1.165) is 38.7 Å². The SMILES string of the molecule is CC1CCC2(OC1)OC1CC3C4CCC5(O)CC(O)CC(O)C5(C)C4CCC3(C)C1C2C. The second-order valence-electron chi connectivity index (χ2n) is 13.4. The van der Waals surface area contributed by atoms with Crippen molar-refractivity contribution in [3.8, 4) is 0 Å². The highest BCUT2D eigenvalue weighted by atomic mass is 16.7. The zero-order valence-electron chi connectivity index (χ0n) is 20.4. The Kier molecular flexibility index (Phi) is 4.83. The summed E-state index contributed by atoms with van der Waals surface area (Å²) in [6, 6.07) is 0. The molecule has 5 heteroatoms. The highest BCUT2D eigenvalue weighted by molar-refractivity contribution is 5.19. The molecule has 0 radical (unpaired) electrons. The number of ether oxygens (including phenoxy) is 2. The van der Waals surface area contributed by atoms with Crippen LogP contribution in [0.15, 0.2) is 0 Å². The van der Waals surface area contributed by atoms with E-state index in [0.29, 0.717) is 54.8 Å². The Bertz CT molecular complexity index is 763. The van der Waals surface area contributed by atoms with Gasteiger partial charge in [-0.1, -0.05) is 27.7 Å². The van der Waals surface area contributed by atoms with Crippen LogP contribution in [0.1, 0.15) is 85.5 Å². The summed E-state index contributed by atoms with van der Waals surface area (Å²) >= 11 is 0. The topological polar surface area (TPSA) is 79.2 Å². The number of hydrogen-bond donors (Lipinski definition) is 3. The van der Waals surface area contributed by atoms with E-state index in [1.54, 1.807) is 0 Å². The van der Waals surface area contributed by atoms with E-state index in [9.17, 15) is 15.3 Å². The summed E-state index contributed by atoms with van der Waals surface area (Å²) in [5, 5.41) is 33.1. The molecule has 1 spiro atoms. The normalized spacial score (nSPS) is 64.0. The Morgan fingerprint density at radius 3 is 2.41 bits per heavy atom. The second kappa shape index (κ2) is 6.94. The predicted molar refractivity (Wildman–Crippen MR) is 121 cm³/mol. The minimum atomic E-state index is -0.950. The summed E-state index contributed by atoms with van der Waals surface area (Å²) in [4.78, 5) is 0. The average Bonchev–Trinajstić information content (AvgIpc) is 3.17. The fourth-order valence-electron chi connectivity index (χ4n) is 10.3. The molecule has 2 saturated heterocycles. The van der Waals surface area contributed by atoms with E-state index in [1.165, 1.54) is 6.42 Å². The number of rotatable bonds is 0. The minimum Gasteiger partial charge on any atom is -0.393 e. The third-order valence-electron chi connectivity index (χ3n) is 12.1. The van der Waals surface area contributed by atoms with E-state index in [2.05, 4.69) is 27.7 Å². The molecule has 13 atom stereocenters. The molecule has 6 aliphatic rings. The van der Waals surface area contributed by atoms with Crippen LogP contribution in [0.3, 0.4) is 0 Å². The maximum Gasteiger partial charge on any atom is 0.171 e. The smallest absolute Gasteiger partial charge is 0.171 e. The third kappa shape index (κ3) is 2.64. The van der Waals surface area contributed by atoms with Gasteiger partial charge in [-0.25, -0.2) is 0 Å². The van der Waals surface area contributed by atoms with Gasteiger partial charge >= 0.3 is 0 Å². The molecule has 4 aliphatic carbocycles. The maximum atomic E-state index is 11.7. The van der Waals surface area contributed by atoms with Crippen molar-refractivity contribution in [1.82, 2.24) is 0 Å². The maximum absolute atomic E-state index is 11.7. The minimum absolute atomic E-state index is 0.242. The predicted octanol–water partition coefficient (Wildman–Crippen LogP) is 3.88. The lowest BCUT2D eigenvalue weighted by molar-refractivity contribution is -0.277. The molecule has 2 heterocycles. The summed E-state index contributed by atoms with van der Waals surface area (Å²) in [7, 11) is 0. The first kappa shape index (κ1) is 22.3. The fraction of sp³-hybridized carbons (Fsp3) is 1.00. The second-order valence-corrected chi connectivity index (χ2v) is 13.4. The molecule has 0 aromatic heterocycles. The van der Waals surface area contributed by atoms with Crippen molar-refractivity contribution in [1.29, 1.82) is 0 Å². The molecule has 0 aromatic carbocycles. The molecule has 32 heavy (non-hydrogen) atoms. The number of aliphatic hydroxyl groups excluding tert-OH is 2. The van der Waals surface area contributed by atoms with Crippen molar-refractivity contribution in [3.05, 3.63) is 0 Å². The molecule has 0 amide bonds. The zero-order valence-corrected chi connectivity index (χ0v) is 20.4. The first-order valence-corrected chi connectivity index (χ1v) is 13.4. The van der Waals surface area contributed by atoms with Crippen molar-refractivity contribution >= 4 is 0 Å². The summed E-state index contributed by atoms with van der Waals surface area (Å²) in [6.45, 7) is 10.1. The van der Waals surface area contributed by atoms with Gasteiger partial charge in [0.05, 0.1) is 30.5 Å². The Labute approximate surface area is 193 Å². The van der Waals surface area contributed by atoms with Gasteiger partial charge in [0.25, 0.3) is 0 Å². The number of aliphatic hydroxyl groups is 3. The van der Waals surface area contributed by atoms with Crippen LogP contribution < -0.4 is 0 Å². The quantitative estimate of drug-likeness (QED) is 0.524. The third-order valence-corrected chi connectivity index (χ3v) is 12.1. The molecule has 13 unspecified atom stereocenters. The largest absolute Gasteiger partial charge is 0.393 e. The first-order valence-electron chi connectivity index (χ1n) is 13.4. The molecular weight excluding hydrogens is 404 g/mol. The van der Waals surface area contributed by atoms with E-state index < -0.39 is 23.2 Å². The molecule has 5 nitrogen and oxygen atoms in total. The van der Waals surface area contributed by atoms with Gasteiger partial charge in [0, 0.05) is 24.2 Å². The molecule has 6 fully saturated rings. The van der Waals surface area contributed by atoms with Crippen LogP contribution in [0.2, 0.25) is 0 Å². The van der Waals surface area contributed by atoms with Crippen LogP contribution in [0.4, 0.5) is 0 Å². The highest BCUT2D eigenvalue weighted by Crippen LogP contribution is 2.71. The molecule has 6 rings (SSSR count). The Hall–Kier alpha value is -0.200. The van der Waals surface area contributed by atoms with Gasteiger partial charge in [-0.05, 0) is 80.0 Å². The Morgan fingerprint density at radius 2 is 1.69 bits per heavy atom. The van der Waals surface area contributed by atoms with Crippen LogP contribution in [-0.2, 0) is 9.47 Å². The van der Waals surface area contributed by atoms with Crippen molar-refractivity contribution in [3.63, 3.8) is 0 Å². The lowest BCUT2D eigenvalue weighted by Gasteiger charge is -2.65. The van der Waals surface area contributed by atoms with Crippen LogP contribution in [-0.4, -0.2) is 51.6 Å². The lowest BCUT2D eigenvalue weighted by atomic mass is 9.42. The molecule has 0 aromatic rings. The average molecular weight is 449 g/mol. The summed E-state index contributed by atoms with van der Waals surface area (Å²) < 4.78 is 13.3.